The topological polar surface area (TPSA) is 46.3 Å². The van der Waals surface area contributed by atoms with Crippen LogP contribution in [0.5, 0.6) is 0 Å². The van der Waals surface area contributed by atoms with Gasteiger partial charge in [0.1, 0.15) is 12.1 Å². The third-order valence-corrected chi connectivity index (χ3v) is 3.41. The van der Waals surface area contributed by atoms with Gasteiger partial charge in [0.25, 0.3) is 5.78 Å². The highest BCUT2D eigenvalue weighted by Crippen LogP contribution is 2.35. The fourth-order valence-corrected chi connectivity index (χ4v) is 2.52. The van der Waals surface area contributed by atoms with Gasteiger partial charge in [-0.2, -0.15) is 14.6 Å². The van der Waals surface area contributed by atoms with Crippen LogP contribution in [-0.4, -0.2) is 32.7 Å². The molecule has 3 rings (SSSR count). The molecule has 3 heterocycles. The number of aryl methyl sites for hydroxylation is 1. The summed E-state index contributed by atoms with van der Waals surface area (Å²) in [5.74, 6) is 1.83. The molecule has 0 spiro atoms. The molecule has 0 radical (unpaired) electrons. The van der Waals surface area contributed by atoms with E-state index in [0.717, 1.165) is 24.6 Å². The number of hydrogen-bond acceptors (Lipinski definition) is 4. The Morgan fingerprint density at radius 2 is 1.79 bits per heavy atom. The van der Waals surface area contributed by atoms with E-state index in [1.165, 1.54) is 5.56 Å². The molecule has 104 valence electrons. The summed E-state index contributed by atoms with van der Waals surface area (Å²) >= 11 is 0. The minimum atomic E-state index is 0.399. The van der Waals surface area contributed by atoms with Crippen LogP contribution >= 0.6 is 0 Å². The quantitative estimate of drug-likeness (QED) is 0.791. The molecule has 1 aliphatic heterocycles. The van der Waals surface area contributed by atoms with E-state index in [0.29, 0.717) is 11.2 Å². The lowest BCUT2D eigenvalue weighted by Crippen LogP contribution is -2.54. The van der Waals surface area contributed by atoms with Crippen molar-refractivity contribution in [2.45, 2.75) is 41.5 Å². The predicted octanol–water partition coefficient (Wildman–Crippen LogP) is 2.61. The van der Waals surface area contributed by atoms with Crippen molar-refractivity contribution in [3.63, 3.8) is 0 Å². The summed E-state index contributed by atoms with van der Waals surface area (Å²) in [4.78, 5) is 11.0. The summed E-state index contributed by atoms with van der Waals surface area (Å²) in [5.41, 5.74) is 2.62. The lowest BCUT2D eigenvalue weighted by Gasteiger charge is -2.47. The molecular weight excluding hydrogens is 238 g/mol. The predicted molar refractivity (Wildman–Crippen MR) is 77.6 cm³/mol. The van der Waals surface area contributed by atoms with Gasteiger partial charge in [-0.15, -0.1) is 0 Å². The standard InChI is InChI=1S/C12H17N5.C2H6/c1-8-9(2)15-11-13-7-14-17(11)10(8)16-5-12(3,4)6-16;1-2/h7H,5-6H2,1-4H3;1-2H3. The van der Waals surface area contributed by atoms with E-state index in [4.69, 9.17) is 0 Å². The zero-order valence-electron chi connectivity index (χ0n) is 12.7. The number of nitrogens with zero attached hydrogens (tertiary/aromatic N) is 5. The monoisotopic (exact) mass is 261 g/mol. The molecule has 2 aromatic rings. The summed E-state index contributed by atoms with van der Waals surface area (Å²) in [6.45, 7) is 14.8. The SMILES string of the molecule is CC.Cc1nc2ncnn2c(N2CC(C)(C)C2)c1C. The molecule has 2 aromatic heterocycles. The minimum Gasteiger partial charge on any atom is -0.355 e. The Kier molecular flexibility index (Phi) is 3.47. The molecule has 5 heteroatoms. The van der Waals surface area contributed by atoms with Gasteiger partial charge in [-0.1, -0.05) is 27.7 Å². The number of aromatic nitrogens is 4. The highest BCUT2D eigenvalue weighted by Gasteiger charge is 2.36. The van der Waals surface area contributed by atoms with Gasteiger partial charge in [-0.25, -0.2) is 4.98 Å². The maximum Gasteiger partial charge on any atom is 0.254 e. The normalized spacial score (nSPS) is 16.8. The molecule has 1 aliphatic rings. The van der Waals surface area contributed by atoms with Crippen molar-refractivity contribution in [3.8, 4) is 0 Å². The summed E-state index contributed by atoms with van der Waals surface area (Å²) in [6.07, 6.45) is 1.57. The van der Waals surface area contributed by atoms with Gasteiger partial charge in [-0.05, 0) is 19.3 Å². The first-order chi connectivity index (χ1) is 8.98. The van der Waals surface area contributed by atoms with Crippen molar-refractivity contribution >= 4 is 11.6 Å². The molecule has 0 aliphatic carbocycles. The smallest absolute Gasteiger partial charge is 0.254 e. The first kappa shape index (κ1) is 13.8. The van der Waals surface area contributed by atoms with Gasteiger partial charge in [-0.3, -0.25) is 0 Å². The van der Waals surface area contributed by atoms with E-state index in [2.05, 4.69) is 40.7 Å². The maximum atomic E-state index is 4.44. The molecule has 1 saturated heterocycles. The third kappa shape index (κ3) is 2.29. The van der Waals surface area contributed by atoms with Gasteiger partial charge in [0.2, 0.25) is 0 Å². The average molecular weight is 261 g/mol. The second kappa shape index (κ2) is 4.79. The van der Waals surface area contributed by atoms with E-state index < -0.39 is 0 Å². The second-order valence-corrected chi connectivity index (χ2v) is 5.64. The van der Waals surface area contributed by atoms with Crippen LogP contribution in [0, 0.1) is 19.3 Å². The number of rotatable bonds is 1. The van der Waals surface area contributed by atoms with Crippen molar-refractivity contribution in [2.24, 2.45) is 5.41 Å². The van der Waals surface area contributed by atoms with Gasteiger partial charge >= 0.3 is 0 Å². The lowest BCUT2D eigenvalue weighted by molar-refractivity contribution is 0.273. The first-order valence-electron chi connectivity index (χ1n) is 6.90. The Morgan fingerprint density at radius 3 is 2.37 bits per heavy atom. The fraction of sp³-hybridized carbons (Fsp3) is 0.643. The molecule has 0 unspecified atom stereocenters. The zero-order valence-corrected chi connectivity index (χ0v) is 12.7. The van der Waals surface area contributed by atoms with Crippen molar-refractivity contribution in [2.75, 3.05) is 18.0 Å². The van der Waals surface area contributed by atoms with Crippen LogP contribution in [-0.2, 0) is 0 Å². The summed E-state index contributed by atoms with van der Waals surface area (Å²) in [6, 6.07) is 0. The highest BCUT2D eigenvalue weighted by molar-refractivity contribution is 5.55. The Balaban J connectivity index is 0.000000637. The Hall–Kier alpha value is -1.65. The molecule has 5 nitrogen and oxygen atoms in total. The number of anilines is 1. The molecule has 0 aromatic carbocycles. The van der Waals surface area contributed by atoms with Gasteiger partial charge in [0.05, 0.1) is 0 Å². The lowest BCUT2D eigenvalue weighted by atomic mass is 9.84. The van der Waals surface area contributed by atoms with Crippen molar-refractivity contribution in [1.82, 2.24) is 19.6 Å². The zero-order chi connectivity index (χ0) is 14.2. The van der Waals surface area contributed by atoms with Crippen molar-refractivity contribution in [3.05, 3.63) is 17.6 Å². The van der Waals surface area contributed by atoms with Gasteiger partial charge in [0.15, 0.2) is 0 Å². The molecule has 0 bridgehead atoms. The van der Waals surface area contributed by atoms with E-state index in [1.54, 1.807) is 6.33 Å². The van der Waals surface area contributed by atoms with Crippen LogP contribution in [0.15, 0.2) is 6.33 Å². The van der Waals surface area contributed by atoms with Crippen LogP contribution in [0.25, 0.3) is 5.78 Å². The molecule has 0 N–H and O–H groups in total. The maximum absolute atomic E-state index is 4.44. The summed E-state index contributed by atoms with van der Waals surface area (Å²) in [7, 11) is 0. The molecular formula is C14H23N5. The van der Waals surface area contributed by atoms with E-state index in [-0.39, 0.29) is 0 Å². The van der Waals surface area contributed by atoms with Crippen LogP contribution in [0.3, 0.4) is 0 Å². The minimum absolute atomic E-state index is 0.399. The second-order valence-electron chi connectivity index (χ2n) is 5.64. The molecule has 19 heavy (non-hydrogen) atoms. The van der Waals surface area contributed by atoms with Crippen LogP contribution in [0.4, 0.5) is 5.82 Å². The highest BCUT2D eigenvalue weighted by atomic mass is 15.4. The van der Waals surface area contributed by atoms with E-state index in [1.807, 2.05) is 25.3 Å². The number of fused-ring (bicyclic) bond motifs is 1. The molecule has 0 atom stereocenters. The Morgan fingerprint density at radius 1 is 1.16 bits per heavy atom. The van der Waals surface area contributed by atoms with Gasteiger partial charge in [0, 0.05) is 24.3 Å². The Bertz CT molecular complexity index is 577. The Labute approximate surface area is 114 Å². The van der Waals surface area contributed by atoms with Crippen molar-refractivity contribution in [1.29, 1.82) is 0 Å². The van der Waals surface area contributed by atoms with Crippen molar-refractivity contribution < 1.29 is 0 Å². The fourth-order valence-electron chi connectivity index (χ4n) is 2.52. The van der Waals surface area contributed by atoms with E-state index in [9.17, 15) is 0 Å². The number of hydrogen-bond donors (Lipinski definition) is 0. The van der Waals surface area contributed by atoms with Gasteiger partial charge < -0.3 is 4.90 Å². The molecule has 0 saturated carbocycles. The van der Waals surface area contributed by atoms with Crippen LogP contribution < -0.4 is 4.90 Å². The molecule has 1 fully saturated rings. The third-order valence-electron chi connectivity index (χ3n) is 3.41. The van der Waals surface area contributed by atoms with E-state index >= 15 is 0 Å². The largest absolute Gasteiger partial charge is 0.355 e. The first-order valence-corrected chi connectivity index (χ1v) is 6.90. The summed E-state index contributed by atoms with van der Waals surface area (Å²) < 4.78 is 1.84. The summed E-state index contributed by atoms with van der Waals surface area (Å²) in [5, 5.41) is 4.27. The molecule has 0 amide bonds. The van der Waals surface area contributed by atoms with Crippen LogP contribution in [0.1, 0.15) is 39.0 Å². The average Bonchev–Trinajstić information content (AvgIpc) is 2.78. The van der Waals surface area contributed by atoms with Crippen LogP contribution in [0.2, 0.25) is 0 Å².